The number of aromatic nitrogens is 2. The second kappa shape index (κ2) is 10.3. The van der Waals surface area contributed by atoms with Crippen molar-refractivity contribution in [3.8, 4) is 11.5 Å². The summed E-state index contributed by atoms with van der Waals surface area (Å²) in [6.45, 7) is 4.11. The van der Waals surface area contributed by atoms with E-state index < -0.39 is 5.82 Å². The molecule has 8 heteroatoms. The Morgan fingerprint density at radius 2 is 2.00 bits per heavy atom. The average molecular weight is 485 g/mol. The van der Waals surface area contributed by atoms with Crippen LogP contribution in [-0.2, 0) is 0 Å². The molecule has 2 heterocycles. The molecule has 1 saturated heterocycles. The molecule has 5 rings (SSSR count). The van der Waals surface area contributed by atoms with Crippen LogP contribution in [0.4, 0.5) is 15.9 Å². The molecule has 1 saturated carbocycles. The molecule has 1 aromatic heterocycles. The van der Waals surface area contributed by atoms with Crippen molar-refractivity contribution in [1.82, 2.24) is 14.9 Å². The maximum absolute atomic E-state index is 13.5. The number of nitrogens with zero attached hydrogens (tertiary/aromatic N) is 3. The SMILES string of the molecule is COc1cc2ncnc(Nc3ccc(F)c(Cl)c3)c2cc1OCCCN1CCC2CCCC2C1. The molecule has 2 atom stereocenters. The fraction of sp³-hybridized carbons (Fsp3) is 0.462. The zero-order chi connectivity index (χ0) is 23.5. The molecule has 34 heavy (non-hydrogen) atoms. The number of likely N-dealkylation sites (tertiary alicyclic amines) is 1. The lowest BCUT2D eigenvalue weighted by molar-refractivity contribution is 0.130. The topological polar surface area (TPSA) is 59.5 Å². The van der Waals surface area contributed by atoms with Crippen molar-refractivity contribution in [2.45, 2.75) is 32.1 Å². The number of rotatable bonds is 8. The van der Waals surface area contributed by atoms with Crippen LogP contribution in [0.25, 0.3) is 10.9 Å². The Labute approximate surface area is 204 Å². The summed E-state index contributed by atoms with van der Waals surface area (Å²) in [5, 5.41) is 4.03. The number of methoxy groups -OCH3 is 1. The average Bonchev–Trinajstić information content (AvgIpc) is 3.32. The van der Waals surface area contributed by atoms with Crippen LogP contribution in [0.1, 0.15) is 32.1 Å². The van der Waals surface area contributed by atoms with Gasteiger partial charge in [0.05, 0.1) is 24.3 Å². The van der Waals surface area contributed by atoms with Crippen molar-refractivity contribution in [1.29, 1.82) is 0 Å². The molecule has 180 valence electrons. The fourth-order valence-electron chi connectivity index (χ4n) is 5.33. The van der Waals surface area contributed by atoms with E-state index in [2.05, 4.69) is 20.2 Å². The van der Waals surface area contributed by atoms with Crippen LogP contribution in [0, 0.1) is 17.7 Å². The molecule has 0 radical (unpaired) electrons. The normalized spacial score (nSPS) is 20.3. The molecule has 0 amide bonds. The highest BCUT2D eigenvalue weighted by atomic mass is 35.5. The van der Waals surface area contributed by atoms with Crippen LogP contribution >= 0.6 is 11.6 Å². The Hall–Kier alpha value is -2.64. The van der Waals surface area contributed by atoms with Crippen LogP contribution in [0.5, 0.6) is 11.5 Å². The summed E-state index contributed by atoms with van der Waals surface area (Å²) in [6, 6.07) is 8.21. The van der Waals surface area contributed by atoms with E-state index in [0.717, 1.165) is 30.2 Å². The van der Waals surface area contributed by atoms with Gasteiger partial charge in [-0.05, 0) is 61.9 Å². The first-order valence-electron chi connectivity index (χ1n) is 12.0. The standard InChI is InChI=1S/C26H30ClFN4O2/c1-33-24-14-23-20(26(30-16-29-23)31-19-6-7-22(28)21(27)12-19)13-25(24)34-11-3-9-32-10-8-17-4-2-5-18(17)15-32/h6-7,12-14,16-18H,2-5,8-11,15H2,1H3,(H,29,30,31). The Kier molecular flexibility index (Phi) is 7.02. The summed E-state index contributed by atoms with van der Waals surface area (Å²) >= 11 is 5.93. The van der Waals surface area contributed by atoms with Crippen molar-refractivity contribution in [3.05, 3.63) is 47.5 Å². The van der Waals surface area contributed by atoms with E-state index >= 15 is 0 Å². The molecule has 1 aliphatic heterocycles. The maximum Gasteiger partial charge on any atom is 0.162 e. The van der Waals surface area contributed by atoms with E-state index in [4.69, 9.17) is 21.1 Å². The third kappa shape index (κ3) is 5.05. The Balaban J connectivity index is 1.26. The van der Waals surface area contributed by atoms with Crippen molar-refractivity contribution in [3.63, 3.8) is 0 Å². The quantitative estimate of drug-likeness (QED) is 0.392. The summed E-state index contributed by atoms with van der Waals surface area (Å²) in [4.78, 5) is 11.3. The Morgan fingerprint density at radius 1 is 1.12 bits per heavy atom. The minimum absolute atomic E-state index is 0.0474. The zero-order valence-corrected chi connectivity index (χ0v) is 20.2. The lowest BCUT2D eigenvalue weighted by atomic mass is 9.89. The first-order chi connectivity index (χ1) is 16.6. The van der Waals surface area contributed by atoms with E-state index in [1.807, 2.05) is 12.1 Å². The minimum Gasteiger partial charge on any atom is -0.493 e. The summed E-state index contributed by atoms with van der Waals surface area (Å²) < 4.78 is 25.2. The summed E-state index contributed by atoms with van der Waals surface area (Å²) in [7, 11) is 1.63. The van der Waals surface area contributed by atoms with Gasteiger partial charge in [-0.1, -0.05) is 24.4 Å². The predicted molar refractivity (Wildman–Crippen MR) is 133 cm³/mol. The van der Waals surface area contributed by atoms with Gasteiger partial charge in [-0.3, -0.25) is 0 Å². The fourth-order valence-corrected chi connectivity index (χ4v) is 5.51. The van der Waals surface area contributed by atoms with Crippen molar-refractivity contribution >= 4 is 34.0 Å². The number of ether oxygens (including phenoxy) is 2. The van der Waals surface area contributed by atoms with Crippen molar-refractivity contribution < 1.29 is 13.9 Å². The van der Waals surface area contributed by atoms with Gasteiger partial charge in [0.15, 0.2) is 11.5 Å². The van der Waals surface area contributed by atoms with Gasteiger partial charge in [-0.15, -0.1) is 0 Å². The van der Waals surface area contributed by atoms with Crippen LogP contribution < -0.4 is 14.8 Å². The van der Waals surface area contributed by atoms with Gasteiger partial charge in [0.25, 0.3) is 0 Å². The van der Waals surface area contributed by atoms with Crippen LogP contribution in [-0.4, -0.2) is 48.2 Å². The summed E-state index contributed by atoms with van der Waals surface area (Å²) in [6.07, 6.45) is 8.01. The van der Waals surface area contributed by atoms with Crippen molar-refractivity contribution in [2.75, 3.05) is 38.7 Å². The van der Waals surface area contributed by atoms with Crippen LogP contribution in [0.2, 0.25) is 5.02 Å². The molecule has 6 nitrogen and oxygen atoms in total. The van der Waals surface area contributed by atoms with Gasteiger partial charge in [0, 0.05) is 30.2 Å². The van der Waals surface area contributed by atoms with Gasteiger partial charge in [-0.2, -0.15) is 0 Å². The zero-order valence-electron chi connectivity index (χ0n) is 19.4. The molecule has 2 aliphatic rings. The van der Waals surface area contributed by atoms with E-state index in [1.54, 1.807) is 13.2 Å². The van der Waals surface area contributed by atoms with Crippen molar-refractivity contribution in [2.24, 2.45) is 11.8 Å². The highest BCUT2D eigenvalue weighted by Gasteiger charge is 2.32. The van der Waals surface area contributed by atoms with Crippen LogP contribution in [0.15, 0.2) is 36.7 Å². The number of fused-ring (bicyclic) bond motifs is 2. The number of nitrogens with one attached hydrogen (secondary N) is 1. The molecule has 2 unspecified atom stereocenters. The third-order valence-electron chi connectivity index (χ3n) is 7.10. The number of halogens is 2. The van der Waals surface area contributed by atoms with Gasteiger partial charge < -0.3 is 19.7 Å². The number of anilines is 2. The Bertz CT molecular complexity index is 1160. The third-order valence-corrected chi connectivity index (χ3v) is 7.39. The summed E-state index contributed by atoms with van der Waals surface area (Å²) in [5.74, 6) is 3.27. The monoisotopic (exact) mass is 484 g/mol. The molecule has 0 spiro atoms. The smallest absolute Gasteiger partial charge is 0.162 e. The number of benzene rings is 2. The largest absolute Gasteiger partial charge is 0.493 e. The number of hydrogen-bond donors (Lipinski definition) is 1. The molecule has 2 aromatic carbocycles. The highest BCUT2D eigenvalue weighted by Crippen LogP contribution is 2.38. The summed E-state index contributed by atoms with van der Waals surface area (Å²) in [5.41, 5.74) is 1.35. The first kappa shape index (κ1) is 23.1. The van der Waals surface area contributed by atoms with Crippen LogP contribution in [0.3, 0.4) is 0 Å². The highest BCUT2D eigenvalue weighted by molar-refractivity contribution is 6.31. The predicted octanol–water partition coefficient (Wildman–Crippen LogP) is 6.07. The van der Waals surface area contributed by atoms with E-state index in [0.29, 0.717) is 35.1 Å². The van der Waals surface area contributed by atoms with Gasteiger partial charge >= 0.3 is 0 Å². The lowest BCUT2D eigenvalue weighted by Crippen LogP contribution is -2.39. The second-order valence-corrected chi connectivity index (χ2v) is 9.65. The van der Waals surface area contributed by atoms with Gasteiger partial charge in [-0.25, -0.2) is 14.4 Å². The Morgan fingerprint density at radius 3 is 2.85 bits per heavy atom. The van der Waals surface area contributed by atoms with E-state index in [-0.39, 0.29) is 5.02 Å². The van der Waals surface area contributed by atoms with E-state index in [9.17, 15) is 4.39 Å². The minimum atomic E-state index is -0.465. The molecular weight excluding hydrogens is 455 g/mol. The molecule has 2 fully saturated rings. The molecular formula is C26H30ClFN4O2. The van der Waals surface area contributed by atoms with Gasteiger partial charge in [0.1, 0.15) is 18.0 Å². The molecule has 1 N–H and O–H groups in total. The molecule has 1 aliphatic carbocycles. The first-order valence-corrected chi connectivity index (χ1v) is 12.4. The molecule has 3 aromatic rings. The second-order valence-electron chi connectivity index (χ2n) is 9.24. The molecule has 0 bridgehead atoms. The van der Waals surface area contributed by atoms with E-state index in [1.165, 1.54) is 57.2 Å². The van der Waals surface area contributed by atoms with Gasteiger partial charge in [0.2, 0.25) is 0 Å². The maximum atomic E-state index is 13.5. The lowest BCUT2D eigenvalue weighted by Gasteiger charge is -2.35. The number of hydrogen-bond acceptors (Lipinski definition) is 6. The number of piperidine rings is 1.